The number of hydrogen-bond donors (Lipinski definition) is 1. The number of hydrogen-bond acceptors (Lipinski definition) is 4. The van der Waals surface area contributed by atoms with Gasteiger partial charge in [-0.05, 0) is 6.07 Å². The Morgan fingerprint density at radius 2 is 2.14 bits per heavy atom. The zero-order valence-corrected chi connectivity index (χ0v) is 10.9. The molecule has 0 atom stereocenters. The molecule has 110 valence electrons. The predicted molar refractivity (Wildman–Crippen MR) is 67.7 cm³/mol. The number of carbonyl (C=O) groups is 1. The van der Waals surface area contributed by atoms with Crippen LogP contribution in [0.3, 0.4) is 0 Å². The molecule has 0 aliphatic carbocycles. The molecule has 0 unspecified atom stereocenters. The van der Waals surface area contributed by atoms with E-state index in [0.717, 1.165) is 6.07 Å². The number of benzene rings is 1. The van der Waals surface area contributed by atoms with E-state index in [1.54, 1.807) is 6.07 Å². The summed E-state index contributed by atoms with van der Waals surface area (Å²) in [6, 6.07) is 4.11. The highest BCUT2D eigenvalue weighted by molar-refractivity contribution is 5.84. The fourth-order valence-electron chi connectivity index (χ4n) is 2.30. The molecule has 1 aliphatic heterocycles. The number of likely N-dealkylation sites (tertiary alicyclic amines) is 1. The highest BCUT2D eigenvalue weighted by atomic mass is 19.2. The standard InChI is InChI=1S/C13H12F2N4O2/c14-10-3-1-2-8(12(10)15)4-18-5-9(6-18)19-7-11(13(20)21)16-17-19/h1-3,7,9H,4-6H2,(H,20,21). The van der Waals surface area contributed by atoms with Gasteiger partial charge in [-0.25, -0.2) is 18.3 Å². The maximum absolute atomic E-state index is 13.5. The van der Waals surface area contributed by atoms with Crippen LogP contribution >= 0.6 is 0 Å². The van der Waals surface area contributed by atoms with Gasteiger partial charge in [-0.2, -0.15) is 0 Å². The van der Waals surface area contributed by atoms with Crippen molar-refractivity contribution in [2.75, 3.05) is 13.1 Å². The number of carboxylic acid groups (broad SMARTS) is 1. The minimum atomic E-state index is -1.13. The molecule has 0 radical (unpaired) electrons. The third kappa shape index (κ3) is 2.62. The van der Waals surface area contributed by atoms with E-state index in [2.05, 4.69) is 10.3 Å². The fraction of sp³-hybridized carbons (Fsp3) is 0.308. The Bertz CT molecular complexity index is 683. The summed E-state index contributed by atoms with van der Waals surface area (Å²) in [5.74, 6) is -2.80. The molecule has 2 aromatic rings. The first-order valence-electron chi connectivity index (χ1n) is 6.35. The zero-order chi connectivity index (χ0) is 15.0. The first-order valence-corrected chi connectivity index (χ1v) is 6.35. The minimum Gasteiger partial charge on any atom is -0.476 e. The molecular formula is C13H12F2N4O2. The third-order valence-electron chi connectivity index (χ3n) is 3.47. The van der Waals surface area contributed by atoms with E-state index in [1.165, 1.54) is 16.9 Å². The van der Waals surface area contributed by atoms with Crippen molar-refractivity contribution in [3.05, 3.63) is 47.3 Å². The first-order chi connectivity index (χ1) is 10.0. The monoisotopic (exact) mass is 294 g/mol. The number of rotatable bonds is 4. The van der Waals surface area contributed by atoms with Crippen LogP contribution in [0.2, 0.25) is 0 Å². The van der Waals surface area contributed by atoms with Gasteiger partial charge in [0.15, 0.2) is 17.3 Å². The number of aromatic nitrogens is 3. The average molecular weight is 294 g/mol. The van der Waals surface area contributed by atoms with Gasteiger partial charge in [0.25, 0.3) is 0 Å². The van der Waals surface area contributed by atoms with Crippen LogP contribution in [-0.4, -0.2) is 44.1 Å². The molecule has 1 saturated heterocycles. The molecule has 6 nitrogen and oxygen atoms in total. The normalized spacial score (nSPS) is 15.9. The molecule has 1 aromatic carbocycles. The van der Waals surface area contributed by atoms with E-state index in [4.69, 9.17) is 5.11 Å². The van der Waals surface area contributed by atoms with E-state index in [-0.39, 0.29) is 11.7 Å². The molecule has 0 amide bonds. The summed E-state index contributed by atoms with van der Waals surface area (Å²) >= 11 is 0. The second-order valence-corrected chi connectivity index (χ2v) is 4.95. The zero-order valence-electron chi connectivity index (χ0n) is 10.9. The van der Waals surface area contributed by atoms with Gasteiger partial charge in [-0.3, -0.25) is 4.90 Å². The Morgan fingerprint density at radius 3 is 2.81 bits per heavy atom. The van der Waals surface area contributed by atoms with Crippen molar-refractivity contribution in [2.24, 2.45) is 0 Å². The number of carboxylic acids is 1. The second-order valence-electron chi connectivity index (χ2n) is 4.95. The van der Waals surface area contributed by atoms with E-state index in [0.29, 0.717) is 25.2 Å². The average Bonchev–Trinajstić information content (AvgIpc) is 2.87. The van der Waals surface area contributed by atoms with Crippen LogP contribution in [0.4, 0.5) is 8.78 Å². The van der Waals surface area contributed by atoms with E-state index in [9.17, 15) is 13.6 Å². The van der Waals surface area contributed by atoms with Gasteiger partial charge in [-0.1, -0.05) is 17.3 Å². The Hall–Kier alpha value is -2.35. The molecule has 1 fully saturated rings. The molecule has 0 bridgehead atoms. The lowest BCUT2D eigenvalue weighted by atomic mass is 10.1. The third-order valence-corrected chi connectivity index (χ3v) is 3.47. The molecule has 0 saturated carbocycles. The lowest BCUT2D eigenvalue weighted by Crippen LogP contribution is -2.47. The number of halogens is 2. The van der Waals surface area contributed by atoms with Crippen molar-refractivity contribution in [3.63, 3.8) is 0 Å². The first kappa shape index (κ1) is 13.6. The molecule has 1 aromatic heterocycles. The molecule has 3 rings (SSSR count). The van der Waals surface area contributed by atoms with Crippen LogP contribution in [0.15, 0.2) is 24.4 Å². The Balaban J connectivity index is 1.60. The summed E-state index contributed by atoms with van der Waals surface area (Å²) in [5.41, 5.74) is 0.197. The van der Waals surface area contributed by atoms with Gasteiger partial charge in [0.05, 0.1) is 12.2 Å². The molecule has 0 spiro atoms. The smallest absolute Gasteiger partial charge is 0.358 e. The molecule has 8 heteroatoms. The number of nitrogens with zero attached hydrogens (tertiary/aromatic N) is 4. The van der Waals surface area contributed by atoms with Crippen molar-refractivity contribution >= 4 is 5.97 Å². The van der Waals surface area contributed by atoms with E-state index < -0.39 is 17.6 Å². The van der Waals surface area contributed by atoms with Crippen LogP contribution in [-0.2, 0) is 6.54 Å². The second kappa shape index (κ2) is 5.21. The lowest BCUT2D eigenvalue weighted by Gasteiger charge is -2.38. The molecular weight excluding hydrogens is 282 g/mol. The van der Waals surface area contributed by atoms with Crippen LogP contribution in [0.25, 0.3) is 0 Å². The van der Waals surface area contributed by atoms with Gasteiger partial charge in [0.2, 0.25) is 0 Å². The van der Waals surface area contributed by atoms with E-state index in [1.807, 2.05) is 4.90 Å². The minimum absolute atomic E-state index is 0.00206. The quantitative estimate of drug-likeness (QED) is 0.920. The van der Waals surface area contributed by atoms with Crippen molar-refractivity contribution in [1.82, 2.24) is 19.9 Å². The maximum Gasteiger partial charge on any atom is 0.358 e. The van der Waals surface area contributed by atoms with Crippen molar-refractivity contribution in [3.8, 4) is 0 Å². The van der Waals surface area contributed by atoms with Crippen LogP contribution in [0.1, 0.15) is 22.1 Å². The predicted octanol–water partition coefficient (Wildman–Crippen LogP) is 1.31. The Morgan fingerprint density at radius 1 is 1.38 bits per heavy atom. The summed E-state index contributed by atoms with van der Waals surface area (Å²) in [4.78, 5) is 12.6. The Labute approximate surface area is 118 Å². The van der Waals surface area contributed by atoms with Crippen LogP contribution in [0.5, 0.6) is 0 Å². The van der Waals surface area contributed by atoms with Gasteiger partial charge in [0.1, 0.15) is 0 Å². The van der Waals surface area contributed by atoms with Gasteiger partial charge in [0, 0.05) is 25.2 Å². The van der Waals surface area contributed by atoms with Crippen molar-refractivity contribution in [2.45, 2.75) is 12.6 Å². The van der Waals surface area contributed by atoms with E-state index >= 15 is 0 Å². The van der Waals surface area contributed by atoms with Crippen molar-refractivity contribution < 1.29 is 18.7 Å². The lowest BCUT2D eigenvalue weighted by molar-refractivity contribution is 0.0690. The molecule has 2 heterocycles. The largest absolute Gasteiger partial charge is 0.476 e. The summed E-state index contributed by atoms with van der Waals surface area (Å²) in [5, 5.41) is 16.1. The highest BCUT2D eigenvalue weighted by Crippen LogP contribution is 2.24. The topological polar surface area (TPSA) is 71.2 Å². The van der Waals surface area contributed by atoms with Crippen molar-refractivity contribution in [1.29, 1.82) is 0 Å². The summed E-state index contributed by atoms with van der Waals surface area (Å²) in [7, 11) is 0. The summed E-state index contributed by atoms with van der Waals surface area (Å²) in [6.45, 7) is 1.47. The van der Waals surface area contributed by atoms with Crippen LogP contribution in [0, 0.1) is 11.6 Å². The Kier molecular flexibility index (Phi) is 3.38. The van der Waals surface area contributed by atoms with Gasteiger partial charge in [-0.15, -0.1) is 5.10 Å². The maximum atomic E-state index is 13.5. The fourth-order valence-corrected chi connectivity index (χ4v) is 2.30. The number of aromatic carboxylic acids is 1. The molecule has 21 heavy (non-hydrogen) atoms. The summed E-state index contributed by atoms with van der Waals surface area (Å²) < 4.78 is 28.1. The summed E-state index contributed by atoms with van der Waals surface area (Å²) in [6.07, 6.45) is 1.37. The molecule has 1 aliphatic rings. The SMILES string of the molecule is O=C(O)c1cn(C2CN(Cc3cccc(F)c3F)C2)nn1. The molecule has 1 N–H and O–H groups in total. The van der Waals surface area contributed by atoms with Crippen LogP contribution < -0.4 is 0 Å². The van der Waals surface area contributed by atoms with Gasteiger partial charge < -0.3 is 5.11 Å². The highest BCUT2D eigenvalue weighted by Gasteiger charge is 2.30. The van der Waals surface area contributed by atoms with Gasteiger partial charge >= 0.3 is 5.97 Å².